The fourth-order valence-corrected chi connectivity index (χ4v) is 2.67. The number of hydrogen-bond donors (Lipinski definition) is 1. The van der Waals surface area contributed by atoms with Crippen LogP contribution in [0.1, 0.15) is 38.7 Å². The van der Waals surface area contributed by atoms with E-state index < -0.39 is 17.1 Å². The van der Waals surface area contributed by atoms with Gasteiger partial charge in [0.05, 0.1) is 12.5 Å². The van der Waals surface area contributed by atoms with Crippen LogP contribution in [0, 0.1) is 5.41 Å². The van der Waals surface area contributed by atoms with E-state index >= 15 is 0 Å². The first-order valence-electron chi connectivity index (χ1n) is 7.39. The van der Waals surface area contributed by atoms with Gasteiger partial charge in [-0.3, -0.25) is 4.79 Å². The van der Waals surface area contributed by atoms with Crippen molar-refractivity contribution < 1.29 is 19.1 Å². The van der Waals surface area contributed by atoms with E-state index in [1.54, 1.807) is 20.8 Å². The van der Waals surface area contributed by atoms with Crippen LogP contribution in [0.2, 0.25) is 0 Å². The lowest BCUT2D eigenvalue weighted by Crippen LogP contribution is -2.39. The van der Waals surface area contributed by atoms with Crippen molar-refractivity contribution in [1.82, 2.24) is 5.32 Å². The van der Waals surface area contributed by atoms with Crippen molar-refractivity contribution in [1.29, 1.82) is 0 Å². The lowest BCUT2D eigenvalue weighted by molar-refractivity contribution is -0.147. The Kier molecular flexibility index (Phi) is 4.44. The maximum Gasteiger partial charge on any atom is 0.407 e. The third-order valence-electron chi connectivity index (χ3n) is 3.82. The second kappa shape index (κ2) is 5.99. The van der Waals surface area contributed by atoms with E-state index in [2.05, 4.69) is 5.32 Å². The normalized spacial score (nSPS) is 23.5. The minimum absolute atomic E-state index is 0.0658. The third-order valence-corrected chi connectivity index (χ3v) is 3.82. The summed E-state index contributed by atoms with van der Waals surface area (Å²) in [6, 6.07) is 9.80. The fraction of sp³-hybridized carbons (Fsp3) is 0.529. The van der Waals surface area contributed by atoms with Crippen molar-refractivity contribution >= 4 is 12.1 Å². The molecule has 1 aromatic rings. The van der Waals surface area contributed by atoms with Crippen molar-refractivity contribution in [3.63, 3.8) is 0 Å². The first-order chi connectivity index (χ1) is 10.3. The quantitative estimate of drug-likeness (QED) is 0.869. The van der Waals surface area contributed by atoms with Crippen LogP contribution in [0.15, 0.2) is 30.3 Å². The van der Waals surface area contributed by atoms with Gasteiger partial charge in [0.25, 0.3) is 0 Å². The van der Waals surface area contributed by atoms with Crippen molar-refractivity contribution in [2.24, 2.45) is 5.41 Å². The molecule has 0 saturated heterocycles. The Morgan fingerprint density at radius 1 is 1.27 bits per heavy atom. The molecular weight excluding hydrogens is 282 g/mol. The molecule has 5 heteroatoms. The highest BCUT2D eigenvalue weighted by molar-refractivity contribution is 5.83. The molecule has 1 aromatic carbocycles. The van der Waals surface area contributed by atoms with Gasteiger partial charge < -0.3 is 14.8 Å². The average molecular weight is 305 g/mol. The minimum Gasteiger partial charge on any atom is -0.469 e. The Morgan fingerprint density at radius 2 is 1.91 bits per heavy atom. The van der Waals surface area contributed by atoms with Crippen LogP contribution in [0.25, 0.3) is 0 Å². The minimum atomic E-state index is -0.687. The second-order valence-electron chi connectivity index (χ2n) is 6.67. The highest BCUT2D eigenvalue weighted by atomic mass is 16.6. The number of rotatable bonds is 4. The van der Waals surface area contributed by atoms with E-state index in [4.69, 9.17) is 9.47 Å². The van der Waals surface area contributed by atoms with Crippen molar-refractivity contribution in [2.45, 2.75) is 38.7 Å². The van der Waals surface area contributed by atoms with Crippen LogP contribution in [-0.2, 0) is 14.3 Å². The summed E-state index contributed by atoms with van der Waals surface area (Å²) in [5.74, 6) is -0.228. The Hall–Kier alpha value is -2.04. The molecule has 1 fully saturated rings. The van der Waals surface area contributed by atoms with Gasteiger partial charge in [-0.1, -0.05) is 30.3 Å². The average Bonchev–Trinajstić information content (AvgIpc) is 3.19. The van der Waals surface area contributed by atoms with Gasteiger partial charge in [0.15, 0.2) is 0 Å². The molecule has 1 aliphatic rings. The summed E-state index contributed by atoms with van der Waals surface area (Å²) in [5.41, 5.74) is -0.170. The predicted molar refractivity (Wildman–Crippen MR) is 82.5 cm³/mol. The van der Waals surface area contributed by atoms with Gasteiger partial charge in [-0.25, -0.2) is 4.79 Å². The first-order valence-corrected chi connectivity index (χ1v) is 7.39. The number of hydrogen-bond acceptors (Lipinski definition) is 4. The number of esters is 1. The number of nitrogens with one attached hydrogen (secondary N) is 1. The van der Waals surface area contributed by atoms with Crippen LogP contribution in [-0.4, -0.2) is 31.3 Å². The molecular formula is C17H23NO4. The summed E-state index contributed by atoms with van der Waals surface area (Å²) >= 11 is 0. The van der Waals surface area contributed by atoms with Gasteiger partial charge in [0.1, 0.15) is 5.60 Å². The third kappa shape index (κ3) is 3.59. The number of carbonyl (C=O) groups is 2. The lowest BCUT2D eigenvalue weighted by Gasteiger charge is -2.21. The van der Waals surface area contributed by atoms with E-state index in [0.29, 0.717) is 6.42 Å². The molecule has 0 radical (unpaired) electrons. The van der Waals surface area contributed by atoms with Crippen molar-refractivity contribution in [3.8, 4) is 0 Å². The molecule has 2 atom stereocenters. The molecule has 0 heterocycles. The van der Waals surface area contributed by atoms with Crippen molar-refractivity contribution in [2.75, 3.05) is 13.7 Å². The largest absolute Gasteiger partial charge is 0.469 e. The molecule has 0 aliphatic heterocycles. The van der Waals surface area contributed by atoms with Gasteiger partial charge in [0, 0.05) is 12.5 Å². The first kappa shape index (κ1) is 16.3. The maximum absolute atomic E-state index is 12.2. The molecule has 0 bridgehead atoms. The molecule has 2 unspecified atom stereocenters. The number of ether oxygens (including phenoxy) is 2. The summed E-state index contributed by atoms with van der Waals surface area (Å²) in [5, 5.41) is 2.69. The summed E-state index contributed by atoms with van der Waals surface area (Å²) < 4.78 is 10.1. The molecule has 22 heavy (non-hydrogen) atoms. The number of amides is 1. The molecule has 120 valence electrons. The SMILES string of the molecule is COC(=O)C1(CNC(=O)OC(C)(C)C)CC1c1ccccc1. The van der Waals surface area contributed by atoms with Crippen molar-refractivity contribution in [3.05, 3.63) is 35.9 Å². The second-order valence-corrected chi connectivity index (χ2v) is 6.67. The molecule has 0 spiro atoms. The zero-order valence-corrected chi connectivity index (χ0v) is 13.5. The molecule has 5 nitrogen and oxygen atoms in total. The van der Waals surface area contributed by atoms with E-state index in [1.165, 1.54) is 7.11 Å². The maximum atomic E-state index is 12.2. The van der Waals surface area contributed by atoms with Gasteiger partial charge in [-0.15, -0.1) is 0 Å². The van der Waals surface area contributed by atoms with Crippen LogP contribution < -0.4 is 5.32 Å². The van der Waals surface area contributed by atoms with Crippen LogP contribution in [0.4, 0.5) is 4.79 Å². The zero-order valence-electron chi connectivity index (χ0n) is 13.5. The summed E-state index contributed by atoms with van der Waals surface area (Å²) in [7, 11) is 1.37. The van der Waals surface area contributed by atoms with Gasteiger partial charge >= 0.3 is 12.1 Å². The highest BCUT2D eigenvalue weighted by Crippen LogP contribution is 2.59. The standard InChI is InChI=1S/C17H23NO4/c1-16(2,3)22-15(20)18-11-17(14(19)21-4)10-13(17)12-8-6-5-7-9-12/h5-9,13H,10-11H2,1-4H3,(H,18,20). The number of carbonyl (C=O) groups excluding carboxylic acids is 2. The van der Waals surface area contributed by atoms with E-state index in [-0.39, 0.29) is 18.4 Å². The van der Waals surface area contributed by atoms with Gasteiger partial charge in [0.2, 0.25) is 0 Å². The monoisotopic (exact) mass is 305 g/mol. The van der Waals surface area contributed by atoms with Gasteiger partial charge in [-0.2, -0.15) is 0 Å². The van der Waals surface area contributed by atoms with Gasteiger partial charge in [-0.05, 0) is 32.8 Å². The Bertz CT molecular complexity index is 550. The Balaban J connectivity index is 2.04. The molecule has 1 amide bonds. The zero-order chi connectivity index (χ0) is 16.4. The van der Waals surface area contributed by atoms with Crippen LogP contribution in [0.3, 0.4) is 0 Å². The number of methoxy groups -OCH3 is 1. The molecule has 2 rings (SSSR count). The number of alkyl carbamates (subject to hydrolysis) is 1. The summed E-state index contributed by atoms with van der Waals surface area (Å²) in [6.07, 6.45) is 0.147. The molecule has 1 aliphatic carbocycles. The topological polar surface area (TPSA) is 64.6 Å². The summed E-state index contributed by atoms with van der Waals surface area (Å²) in [4.78, 5) is 24.0. The molecule has 0 aromatic heterocycles. The van der Waals surface area contributed by atoms with Crippen LogP contribution >= 0.6 is 0 Å². The van der Waals surface area contributed by atoms with E-state index in [9.17, 15) is 9.59 Å². The predicted octanol–water partition coefficient (Wildman–Crippen LogP) is 2.86. The fourth-order valence-electron chi connectivity index (χ4n) is 2.67. The molecule has 1 N–H and O–H groups in total. The molecule has 1 saturated carbocycles. The Morgan fingerprint density at radius 3 is 2.45 bits per heavy atom. The smallest absolute Gasteiger partial charge is 0.407 e. The lowest BCUT2D eigenvalue weighted by atomic mass is 9.99. The highest BCUT2D eigenvalue weighted by Gasteiger charge is 2.61. The summed E-state index contributed by atoms with van der Waals surface area (Å²) in [6.45, 7) is 5.61. The van der Waals surface area contributed by atoms with Crippen LogP contribution in [0.5, 0.6) is 0 Å². The van der Waals surface area contributed by atoms with E-state index in [0.717, 1.165) is 5.56 Å². The van der Waals surface area contributed by atoms with E-state index in [1.807, 2.05) is 30.3 Å². The Labute approximate surface area is 131 Å². The number of benzene rings is 1.